The Balaban J connectivity index is 0.00000176. The van der Waals surface area contributed by atoms with Gasteiger partial charge in [-0.25, -0.2) is 0 Å². The predicted molar refractivity (Wildman–Crippen MR) is 89.9 cm³/mol. The first-order valence-corrected chi connectivity index (χ1v) is 8.15. The molecule has 2 bridgehead atoms. The van der Waals surface area contributed by atoms with Gasteiger partial charge >= 0.3 is 0 Å². The number of carbonyl (C=O) groups is 1. The fraction of sp³-hybridized carbons (Fsp3) is 0.625. The molecule has 3 rings (SSSR count). The van der Waals surface area contributed by atoms with Gasteiger partial charge < -0.3 is 11.1 Å². The lowest BCUT2D eigenvalue weighted by Gasteiger charge is -2.43. The van der Waals surface area contributed by atoms with E-state index in [-0.39, 0.29) is 24.2 Å². The maximum Gasteiger partial charge on any atom is 0.223 e. The topological polar surface area (TPSA) is 68.0 Å². The Kier molecular flexibility index (Phi) is 6.07. The first-order valence-electron chi connectivity index (χ1n) is 7.77. The van der Waals surface area contributed by atoms with Gasteiger partial charge in [-0.05, 0) is 49.7 Å². The van der Waals surface area contributed by atoms with Crippen molar-refractivity contribution < 1.29 is 4.79 Å². The van der Waals surface area contributed by atoms with Crippen LogP contribution in [0.2, 0.25) is 5.02 Å². The molecular formula is C16H23Cl2N3O. The molecule has 0 aliphatic heterocycles. The minimum atomic E-state index is 0. The molecule has 0 aromatic carbocycles. The zero-order valence-electron chi connectivity index (χ0n) is 12.5. The second-order valence-electron chi connectivity index (χ2n) is 6.38. The monoisotopic (exact) mass is 343 g/mol. The molecule has 22 heavy (non-hydrogen) atoms. The van der Waals surface area contributed by atoms with Gasteiger partial charge in [0.15, 0.2) is 0 Å². The summed E-state index contributed by atoms with van der Waals surface area (Å²) >= 11 is 5.80. The van der Waals surface area contributed by atoms with Gasteiger partial charge in [0.1, 0.15) is 0 Å². The van der Waals surface area contributed by atoms with E-state index in [9.17, 15) is 4.79 Å². The Hall–Kier alpha value is -0.840. The van der Waals surface area contributed by atoms with Crippen molar-refractivity contribution in [3.05, 3.63) is 29.0 Å². The molecule has 4 nitrogen and oxygen atoms in total. The molecule has 2 fully saturated rings. The third-order valence-corrected chi connectivity index (χ3v) is 5.24. The van der Waals surface area contributed by atoms with Gasteiger partial charge in [0.05, 0.1) is 17.3 Å². The van der Waals surface area contributed by atoms with Gasteiger partial charge in [0.2, 0.25) is 5.91 Å². The van der Waals surface area contributed by atoms with E-state index >= 15 is 0 Å². The van der Waals surface area contributed by atoms with Crippen molar-refractivity contribution in [2.24, 2.45) is 23.5 Å². The van der Waals surface area contributed by atoms with Crippen molar-refractivity contribution in [3.8, 4) is 0 Å². The number of amides is 1. The lowest BCUT2D eigenvalue weighted by atomic mass is 9.65. The van der Waals surface area contributed by atoms with Gasteiger partial charge in [0.25, 0.3) is 0 Å². The summed E-state index contributed by atoms with van der Waals surface area (Å²) in [7, 11) is 0. The Morgan fingerprint density at radius 2 is 2.00 bits per heavy atom. The van der Waals surface area contributed by atoms with E-state index in [0.717, 1.165) is 18.5 Å². The molecule has 1 amide bonds. The molecule has 0 spiro atoms. The number of nitrogens with two attached hydrogens (primary N) is 1. The van der Waals surface area contributed by atoms with Crippen molar-refractivity contribution in [2.75, 3.05) is 0 Å². The summed E-state index contributed by atoms with van der Waals surface area (Å²) in [6.07, 6.45) is 7.12. The number of carbonyl (C=O) groups excluding carboxylic acids is 1. The minimum absolute atomic E-state index is 0. The average molecular weight is 344 g/mol. The second-order valence-corrected chi connectivity index (χ2v) is 6.82. The predicted octanol–water partition coefficient (Wildman–Crippen LogP) is 2.93. The van der Waals surface area contributed by atoms with Crippen LogP contribution in [0.5, 0.6) is 0 Å². The summed E-state index contributed by atoms with van der Waals surface area (Å²) in [6.45, 7) is 0.466. The highest BCUT2D eigenvalue weighted by Crippen LogP contribution is 2.41. The Morgan fingerprint density at radius 3 is 2.59 bits per heavy atom. The zero-order valence-corrected chi connectivity index (χ0v) is 14.1. The lowest BCUT2D eigenvalue weighted by molar-refractivity contribution is -0.128. The van der Waals surface area contributed by atoms with Crippen LogP contribution in [0.3, 0.4) is 0 Å². The first kappa shape index (κ1) is 17.5. The molecule has 2 aliphatic carbocycles. The molecule has 1 heterocycles. The van der Waals surface area contributed by atoms with E-state index in [2.05, 4.69) is 10.3 Å². The van der Waals surface area contributed by atoms with E-state index in [1.165, 1.54) is 19.3 Å². The maximum absolute atomic E-state index is 12.4. The van der Waals surface area contributed by atoms with Crippen LogP contribution in [0.25, 0.3) is 0 Å². The van der Waals surface area contributed by atoms with Gasteiger partial charge in [0, 0.05) is 18.2 Å². The minimum Gasteiger partial charge on any atom is -0.350 e. The van der Waals surface area contributed by atoms with Crippen molar-refractivity contribution in [1.82, 2.24) is 10.3 Å². The number of hydrogen-bond donors (Lipinski definition) is 2. The van der Waals surface area contributed by atoms with Crippen molar-refractivity contribution >= 4 is 29.9 Å². The zero-order chi connectivity index (χ0) is 14.8. The number of aromatic nitrogens is 1. The van der Waals surface area contributed by atoms with Crippen LogP contribution in [-0.2, 0) is 11.3 Å². The average Bonchev–Trinajstić information content (AvgIpc) is 2.46. The summed E-state index contributed by atoms with van der Waals surface area (Å²) in [5, 5.41) is 3.62. The van der Waals surface area contributed by atoms with Crippen LogP contribution in [-0.4, -0.2) is 16.9 Å². The van der Waals surface area contributed by atoms with Crippen molar-refractivity contribution in [2.45, 2.75) is 44.7 Å². The second kappa shape index (κ2) is 7.62. The Morgan fingerprint density at radius 1 is 1.32 bits per heavy atom. The molecule has 2 atom stereocenters. The standard InChI is InChI=1S/C16H22ClN3O.ClH/c17-13-4-5-14(19-8-13)9-20-16(21)12-6-10-2-1-3-11(7-12)15(10)18;/h4-5,8,10-12,15H,1-3,6-7,9,18H2,(H,20,21);1H. The quantitative estimate of drug-likeness (QED) is 0.886. The lowest BCUT2D eigenvalue weighted by Crippen LogP contribution is -2.49. The first-order chi connectivity index (χ1) is 10.1. The highest BCUT2D eigenvalue weighted by atomic mass is 35.5. The number of nitrogens with one attached hydrogen (secondary N) is 1. The highest BCUT2D eigenvalue weighted by Gasteiger charge is 2.40. The summed E-state index contributed by atoms with van der Waals surface area (Å²) in [5.74, 6) is 1.33. The number of nitrogens with zero attached hydrogens (tertiary/aromatic N) is 1. The molecule has 3 N–H and O–H groups in total. The smallest absolute Gasteiger partial charge is 0.223 e. The van der Waals surface area contributed by atoms with Crippen LogP contribution in [0.1, 0.15) is 37.8 Å². The van der Waals surface area contributed by atoms with Crippen molar-refractivity contribution in [1.29, 1.82) is 0 Å². The molecule has 2 unspecified atom stereocenters. The summed E-state index contributed by atoms with van der Waals surface area (Å²) < 4.78 is 0. The van der Waals surface area contributed by atoms with Crippen LogP contribution >= 0.6 is 24.0 Å². The van der Waals surface area contributed by atoms with Crippen LogP contribution < -0.4 is 11.1 Å². The van der Waals surface area contributed by atoms with Crippen LogP contribution in [0.4, 0.5) is 0 Å². The maximum atomic E-state index is 12.4. The van der Waals surface area contributed by atoms with Gasteiger partial charge in [-0.15, -0.1) is 12.4 Å². The highest BCUT2D eigenvalue weighted by molar-refractivity contribution is 6.30. The Bertz CT molecular complexity index is 495. The number of pyridine rings is 1. The third kappa shape index (κ3) is 3.92. The fourth-order valence-corrected chi connectivity index (χ4v) is 3.95. The number of hydrogen-bond acceptors (Lipinski definition) is 3. The normalized spacial score (nSPS) is 30.3. The molecule has 1 aromatic rings. The molecule has 122 valence electrons. The van der Waals surface area contributed by atoms with Crippen LogP contribution in [0, 0.1) is 17.8 Å². The number of halogens is 2. The molecule has 2 saturated carbocycles. The fourth-order valence-electron chi connectivity index (χ4n) is 3.84. The van der Waals surface area contributed by atoms with Crippen molar-refractivity contribution in [3.63, 3.8) is 0 Å². The largest absolute Gasteiger partial charge is 0.350 e. The molecular weight excluding hydrogens is 321 g/mol. The van der Waals surface area contributed by atoms with E-state index in [0.29, 0.717) is 29.4 Å². The molecule has 2 aliphatic rings. The van der Waals surface area contributed by atoms with E-state index < -0.39 is 0 Å². The van der Waals surface area contributed by atoms with Gasteiger partial charge in [-0.3, -0.25) is 9.78 Å². The molecule has 0 radical (unpaired) electrons. The van der Waals surface area contributed by atoms with Gasteiger partial charge in [-0.2, -0.15) is 0 Å². The van der Waals surface area contributed by atoms with E-state index in [1.807, 2.05) is 6.07 Å². The van der Waals surface area contributed by atoms with Gasteiger partial charge in [-0.1, -0.05) is 18.0 Å². The SMILES string of the molecule is Cl.NC1C2CCCC1CC(C(=O)NCc1ccc(Cl)cn1)C2. The summed E-state index contributed by atoms with van der Waals surface area (Å²) in [5.41, 5.74) is 7.11. The summed E-state index contributed by atoms with van der Waals surface area (Å²) in [6, 6.07) is 3.94. The molecule has 0 saturated heterocycles. The van der Waals surface area contributed by atoms with E-state index in [1.54, 1.807) is 12.3 Å². The Labute approximate surface area is 142 Å². The molecule has 6 heteroatoms. The summed E-state index contributed by atoms with van der Waals surface area (Å²) in [4.78, 5) is 16.6. The van der Waals surface area contributed by atoms with E-state index in [4.69, 9.17) is 17.3 Å². The molecule has 1 aromatic heterocycles. The van der Waals surface area contributed by atoms with Crippen LogP contribution in [0.15, 0.2) is 18.3 Å². The number of rotatable bonds is 3. The number of fused-ring (bicyclic) bond motifs is 2. The third-order valence-electron chi connectivity index (χ3n) is 5.02.